The minimum absolute atomic E-state index is 0.178. The number of aromatic nitrogens is 2. The Morgan fingerprint density at radius 2 is 2.04 bits per heavy atom. The van der Waals surface area contributed by atoms with E-state index in [4.69, 9.17) is 22.1 Å². The predicted octanol–water partition coefficient (Wildman–Crippen LogP) is 1.80. The van der Waals surface area contributed by atoms with Crippen molar-refractivity contribution < 1.29 is 4.74 Å². The monoisotopic (exact) mass is 345 g/mol. The molecular formula is C17H20ClN5O. The molecule has 2 unspecified atom stereocenters. The van der Waals surface area contributed by atoms with E-state index in [0.717, 1.165) is 38.6 Å². The van der Waals surface area contributed by atoms with E-state index < -0.39 is 0 Å². The summed E-state index contributed by atoms with van der Waals surface area (Å²) < 4.78 is 5.99. The molecule has 0 saturated carbocycles. The number of nitrogens with zero attached hydrogens (tertiary/aromatic N) is 4. The minimum Gasteiger partial charge on any atom is -0.373 e. The SMILES string of the molecule is Nc1nc(Cl)cc(N2CC3OCCN(Cc4ccccc4)C3C2)n1. The van der Waals surface area contributed by atoms with Crippen molar-refractivity contribution in [2.24, 2.45) is 0 Å². The molecule has 1 aromatic carbocycles. The molecule has 2 fully saturated rings. The summed E-state index contributed by atoms with van der Waals surface area (Å²) in [6.07, 6.45) is 0.178. The van der Waals surface area contributed by atoms with E-state index in [2.05, 4.69) is 44.0 Å². The van der Waals surface area contributed by atoms with Gasteiger partial charge >= 0.3 is 0 Å². The Balaban J connectivity index is 1.51. The summed E-state index contributed by atoms with van der Waals surface area (Å²) in [5, 5.41) is 0.370. The second kappa shape index (κ2) is 6.55. The molecule has 2 saturated heterocycles. The molecule has 7 heteroatoms. The zero-order valence-electron chi connectivity index (χ0n) is 13.3. The smallest absolute Gasteiger partial charge is 0.223 e. The van der Waals surface area contributed by atoms with Gasteiger partial charge in [-0.15, -0.1) is 0 Å². The maximum atomic E-state index is 6.02. The Kier molecular flexibility index (Phi) is 4.26. The Labute approximate surface area is 146 Å². The molecule has 1 aromatic heterocycles. The summed E-state index contributed by atoms with van der Waals surface area (Å²) >= 11 is 6.02. The lowest BCUT2D eigenvalue weighted by atomic mass is 10.1. The lowest BCUT2D eigenvalue weighted by molar-refractivity contribution is -0.0499. The second-order valence-electron chi connectivity index (χ2n) is 6.24. The number of anilines is 2. The second-order valence-corrected chi connectivity index (χ2v) is 6.63. The fourth-order valence-electron chi connectivity index (χ4n) is 3.54. The summed E-state index contributed by atoms with van der Waals surface area (Å²) in [5.41, 5.74) is 7.05. The molecule has 0 aliphatic carbocycles. The van der Waals surface area contributed by atoms with Crippen LogP contribution in [0.25, 0.3) is 0 Å². The van der Waals surface area contributed by atoms with Crippen molar-refractivity contribution in [3.63, 3.8) is 0 Å². The standard InChI is InChI=1S/C17H20ClN5O/c18-15-8-16(21-17(19)20-15)23-10-13-14(11-23)24-7-6-22(13)9-12-4-2-1-3-5-12/h1-5,8,13-14H,6-7,9-11H2,(H2,19,20,21). The number of hydrogen-bond acceptors (Lipinski definition) is 6. The maximum Gasteiger partial charge on any atom is 0.223 e. The van der Waals surface area contributed by atoms with Crippen molar-refractivity contribution in [2.75, 3.05) is 36.9 Å². The molecule has 126 valence electrons. The molecular weight excluding hydrogens is 326 g/mol. The number of nitrogens with two attached hydrogens (primary N) is 1. The van der Waals surface area contributed by atoms with Crippen LogP contribution in [0.4, 0.5) is 11.8 Å². The maximum absolute atomic E-state index is 6.02. The average Bonchev–Trinajstić information content (AvgIpc) is 3.00. The predicted molar refractivity (Wildman–Crippen MR) is 94.0 cm³/mol. The molecule has 2 atom stereocenters. The van der Waals surface area contributed by atoms with Gasteiger partial charge in [-0.1, -0.05) is 41.9 Å². The van der Waals surface area contributed by atoms with E-state index in [0.29, 0.717) is 11.2 Å². The first kappa shape index (κ1) is 15.6. The summed E-state index contributed by atoms with van der Waals surface area (Å²) in [4.78, 5) is 12.9. The van der Waals surface area contributed by atoms with Crippen LogP contribution < -0.4 is 10.6 Å². The Hall–Kier alpha value is -1.89. The highest BCUT2D eigenvalue weighted by Crippen LogP contribution is 2.28. The molecule has 0 spiro atoms. The summed E-state index contributed by atoms with van der Waals surface area (Å²) in [7, 11) is 0. The van der Waals surface area contributed by atoms with Crippen LogP contribution in [-0.4, -0.2) is 53.3 Å². The molecule has 2 aliphatic heterocycles. The number of hydrogen-bond donors (Lipinski definition) is 1. The first-order valence-corrected chi connectivity index (χ1v) is 8.51. The normalized spacial score (nSPS) is 24.1. The van der Waals surface area contributed by atoms with Crippen molar-refractivity contribution >= 4 is 23.4 Å². The van der Waals surface area contributed by atoms with E-state index in [1.807, 2.05) is 6.07 Å². The highest BCUT2D eigenvalue weighted by atomic mass is 35.5. The number of fused-ring (bicyclic) bond motifs is 1. The van der Waals surface area contributed by atoms with Crippen LogP contribution in [0.5, 0.6) is 0 Å². The van der Waals surface area contributed by atoms with Crippen molar-refractivity contribution in [1.82, 2.24) is 14.9 Å². The zero-order chi connectivity index (χ0) is 16.5. The van der Waals surface area contributed by atoms with Gasteiger partial charge in [0.2, 0.25) is 5.95 Å². The fourth-order valence-corrected chi connectivity index (χ4v) is 3.73. The molecule has 3 heterocycles. The molecule has 24 heavy (non-hydrogen) atoms. The molecule has 2 aliphatic rings. The number of halogens is 1. The molecule has 2 aromatic rings. The average molecular weight is 346 g/mol. The topological polar surface area (TPSA) is 67.5 Å². The zero-order valence-corrected chi connectivity index (χ0v) is 14.1. The molecule has 2 N–H and O–H groups in total. The van der Waals surface area contributed by atoms with Crippen molar-refractivity contribution in [3.8, 4) is 0 Å². The number of morpholine rings is 1. The third-order valence-corrected chi connectivity index (χ3v) is 4.86. The quantitative estimate of drug-likeness (QED) is 0.856. The van der Waals surface area contributed by atoms with Crippen LogP contribution in [0.3, 0.4) is 0 Å². The van der Waals surface area contributed by atoms with Gasteiger partial charge < -0.3 is 15.4 Å². The number of nitrogen functional groups attached to an aromatic ring is 1. The Morgan fingerprint density at radius 3 is 2.83 bits per heavy atom. The first-order valence-electron chi connectivity index (χ1n) is 8.13. The van der Waals surface area contributed by atoms with Crippen LogP contribution in [0.1, 0.15) is 5.56 Å². The van der Waals surface area contributed by atoms with Gasteiger partial charge in [-0.3, -0.25) is 4.90 Å². The van der Waals surface area contributed by atoms with Crippen LogP contribution in [0.2, 0.25) is 5.15 Å². The molecule has 6 nitrogen and oxygen atoms in total. The summed E-state index contributed by atoms with van der Waals surface area (Å²) in [6, 6.07) is 12.7. The van der Waals surface area contributed by atoms with Gasteiger partial charge in [0.15, 0.2) is 0 Å². The lowest BCUT2D eigenvalue weighted by Gasteiger charge is -2.36. The van der Waals surface area contributed by atoms with Crippen LogP contribution >= 0.6 is 11.6 Å². The Morgan fingerprint density at radius 1 is 1.21 bits per heavy atom. The van der Waals surface area contributed by atoms with E-state index in [1.165, 1.54) is 5.56 Å². The summed E-state index contributed by atoms with van der Waals surface area (Å²) in [6.45, 7) is 4.28. The third-order valence-electron chi connectivity index (χ3n) is 4.67. The van der Waals surface area contributed by atoms with Crippen LogP contribution in [0.15, 0.2) is 36.4 Å². The van der Waals surface area contributed by atoms with Gasteiger partial charge in [-0.05, 0) is 5.56 Å². The van der Waals surface area contributed by atoms with Crippen LogP contribution in [0, 0.1) is 0 Å². The fraction of sp³-hybridized carbons (Fsp3) is 0.412. The van der Waals surface area contributed by atoms with Gasteiger partial charge in [-0.2, -0.15) is 4.98 Å². The Bertz CT molecular complexity index is 693. The highest BCUT2D eigenvalue weighted by molar-refractivity contribution is 6.29. The van der Waals surface area contributed by atoms with E-state index >= 15 is 0 Å². The molecule has 0 amide bonds. The first-order chi connectivity index (χ1) is 11.7. The van der Waals surface area contributed by atoms with Gasteiger partial charge in [0.25, 0.3) is 0 Å². The molecule has 0 radical (unpaired) electrons. The van der Waals surface area contributed by atoms with Crippen molar-refractivity contribution in [1.29, 1.82) is 0 Å². The van der Waals surface area contributed by atoms with E-state index in [1.54, 1.807) is 6.07 Å². The minimum atomic E-state index is 0.178. The van der Waals surface area contributed by atoms with Crippen molar-refractivity contribution in [3.05, 3.63) is 47.1 Å². The number of ether oxygens (including phenoxy) is 1. The highest BCUT2D eigenvalue weighted by Gasteiger charge is 2.40. The molecule has 0 bridgehead atoms. The number of benzene rings is 1. The largest absolute Gasteiger partial charge is 0.373 e. The van der Waals surface area contributed by atoms with Gasteiger partial charge in [0.1, 0.15) is 11.0 Å². The number of rotatable bonds is 3. The van der Waals surface area contributed by atoms with E-state index in [9.17, 15) is 0 Å². The van der Waals surface area contributed by atoms with E-state index in [-0.39, 0.29) is 12.1 Å². The third kappa shape index (κ3) is 3.17. The van der Waals surface area contributed by atoms with Crippen molar-refractivity contribution in [2.45, 2.75) is 18.7 Å². The lowest BCUT2D eigenvalue weighted by Crippen LogP contribution is -2.50. The van der Waals surface area contributed by atoms with Gasteiger partial charge in [0, 0.05) is 32.2 Å². The molecule has 4 rings (SSSR count). The summed E-state index contributed by atoms with van der Waals surface area (Å²) in [5.74, 6) is 0.972. The van der Waals surface area contributed by atoms with Gasteiger partial charge in [-0.25, -0.2) is 4.98 Å². The van der Waals surface area contributed by atoms with Crippen LogP contribution in [-0.2, 0) is 11.3 Å². The van der Waals surface area contributed by atoms with Gasteiger partial charge in [0.05, 0.1) is 18.8 Å².